The summed E-state index contributed by atoms with van der Waals surface area (Å²) < 4.78 is 9.76. The minimum absolute atomic E-state index is 0.0346. The van der Waals surface area contributed by atoms with Crippen molar-refractivity contribution in [1.82, 2.24) is 9.97 Å². The monoisotopic (exact) mass is 192 g/mol. The third-order valence-electron chi connectivity index (χ3n) is 1.73. The molecule has 14 heavy (non-hydrogen) atoms. The fourth-order valence-electron chi connectivity index (χ4n) is 1.08. The summed E-state index contributed by atoms with van der Waals surface area (Å²) in [4.78, 5) is 18.9. The van der Waals surface area contributed by atoms with Gasteiger partial charge in [0.05, 0.1) is 7.11 Å². The highest BCUT2D eigenvalue weighted by Crippen LogP contribution is 2.12. The first-order valence-corrected chi connectivity index (χ1v) is 4.07. The molecule has 2 aromatic rings. The van der Waals surface area contributed by atoms with Crippen molar-refractivity contribution in [3.63, 3.8) is 0 Å². The van der Waals surface area contributed by atoms with Gasteiger partial charge >= 0.3 is 5.97 Å². The van der Waals surface area contributed by atoms with Gasteiger partial charge in [-0.25, -0.2) is 4.98 Å². The Morgan fingerprint density at radius 2 is 2.50 bits per heavy atom. The summed E-state index contributed by atoms with van der Waals surface area (Å²) in [5.74, 6) is -0.0536. The summed E-state index contributed by atoms with van der Waals surface area (Å²) in [6.07, 6.45) is 1.65. The number of carbonyl (C=O) groups is 1. The molecular weight excluding hydrogens is 184 g/mol. The lowest BCUT2D eigenvalue weighted by atomic mass is 10.4. The van der Waals surface area contributed by atoms with Crippen LogP contribution in [0.3, 0.4) is 0 Å². The quantitative estimate of drug-likeness (QED) is 0.662. The van der Waals surface area contributed by atoms with E-state index in [9.17, 15) is 4.79 Å². The maximum Gasteiger partial charge on any atom is 0.314 e. The lowest BCUT2D eigenvalue weighted by molar-refractivity contribution is -0.140. The number of nitrogens with zero attached hydrogens (tertiary/aromatic N) is 2. The molecule has 2 heterocycles. The smallest absolute Gasteiger partial charge is 0.314 e. The fraction of sp³-hybridized carbons (Fsp3) is 0.222. The Morgan fingerprint density at radius 3 is 3.21 bits per heavy atom. The van der Waals surface area contributed by atoms with Crippen molar-refractivity contribution in [3.05, 3.63) is 24.2 Å². The molecule has 0 fully saturated rings. The summed E-state index contributed by atoms with van der Waals surface area (Å²) in [6, 6.07) is 3.49. The Balaban J connectivity index is 2.31. The molecular formula is C9H8N2O3. The van der Waals surface area contributed by atoms with E-state index in [1.807, 2.05) is 0 Å². The third-order valence-corrected chi connectivity index (χ3v) is 1.73. The lowest BCUT2D eigenvalue weighted by Gasteiger charge is -1.92. The first-order valence-electron chi connectivity index (χ1n) is 4.07. The van der Waals surface area contributed by atoms with Crippen LogP contribution in [0.2, 0.25) is 0 Å². The van der Waals surface area contributed by atoms with Crippen LogP contribution in [-0.2, 0) is 16.0 Å². The zero-order valence-corrected chi connectivity index (χ0v) is 7.56. The minimum atomic E-state index is -0.378. The number of methoxy groups -OCH3 is 1. The third kappa shape index (κ3) is 1.56. The lowest BCUT2D eigenvalue weighted by Crippen LogP contribution is -2.04. The van der Waals surface area contributed by atoms with Crippen LogP contribution >= 0.6 is 0 Å². The van der Waals surface area contributed by atoms with Gasteiger partial charge < -0.3 is 9.15 Å². The molecule has 0 aromatic carbocycles. The number of carbonyl (C=O) groups excluding carboxylic acids is 1. The molecule has 5 heteroatoms. The van der Waals surface area contributed by atoms with E-state index in [2.05, 4.69) is 14.7 Å². The summed E-state index contributed by atoms with van der Waals surface area (Å²) in [7, 11) is 1.32. The molecule has 0 aliphatic heterocycles. The fourth-order valence-corrected chi connectivity index (χ4v) is 1.08. The second-order valence-corrected chi connectivity index (χ2v) is 2.69. The van der Waals surface area contributed by atoms with Crippen LogP contribution < -0.4 is 0 Å². The van der Waals surface area contributed by atoms with Crippen LogP contribution in [0.4, 0.5) is 0 Å². The molecule has 0 spiro atoms. The van der Waals surface area contributed by atoms with E-state index < -0.39 is 0 Å². The predicted octanol–water partition coefficient (Wildman–Crippen LogP) is 0.938. The molecule has 0 N–H and O–H groups in total. The molecule has 5 nitrogen and oxygen atoms in total. The highest BCUT2D eigenvalue weighted by molar-refractivity contribution is 5.73. The van der Waals surface area contributed by atoms with Gasteiger partial charge in [0.25, 0.3) is 0 Å². The Hall–Kier alpha value is -1.91. The van der Waals surface area contributed by atoms with Crippen LogP contribution in [0.25, 0.3) is 11.2 Å². The van der Waals surface area contributed by atoms with Gasteiger partial charge in [-0.1, -0.05) is 0 Å². The topological polar surface area (TPSA) is 65.2 Å². The van der Waals surface area contributed by atoms with Gasteiger partial charge in [-0.3, -0.25) is 4.79 Å². The molecule has 0 aliphatic rings. The molecule has 0 atom stereocenters. The number of hydrogen-bond donors (Lipinski definition) is 0. The van der Waals surface area contributed by atoms with E-state index in [1.54, 1.807) is 18.3 Å². The van der Waals surface area contributed by atoms with Crippen molar-refractivity contribution in [3.8, 4) is 0 Å². The van der Waals surface area contributed by atoms with Gasteiger partial charge in [0.15, 0.2) is 11.2 Å². The second-order valence-electron chi connectivity index (χ2n) is 2.69. The van der Waals surface area contributed by atoms with Crippen molar-refractivity contribution in [2.24, 2.45) is 0 Å². The van der Waals surface area contributed by atoms with Crippen molar-refractivity contribution >= 4 is 17.2 Å². The standard InChI is InChI=1S/C9H8N2O3/c1-13-8(12)5-7-11-9-6(14-7)3-2-4-10-9/h2-4H,5H2,1H3. The summed E-state index contributed by atoms with van der Waals surface area (Å²) in [5, 5.41) is 0. The highest BCUT2D eigenvalue weighted by Gasteiger charge is 2.10. The number of pyridine rings is 1. The predicted molar refractivity (Wildman–Crippen MR) is 47.5 cm³/mol. The van der Waals surface area contributed by atoms with E-state index in [4.69, 9.17) is 4.42 Å². The molecule has 0 unspecified atom stereocenters. The SMILES string of the molecule is COC(=O)Cc1nc2ncccc2o1. The van der Waals surface area contributed by atoms with E-state index in [1.165, 1.54) is 7.11 Å². The second kappa shape index (κ2) is 3.45. The van der Waals surface area contributed by atoms with Crippen molar-refractivity contribution in [2.75, 3.05) is 7.11 Å². The van der Waals surface area contributed by atoms with Gasteiger partial charge in [0.1, 0.15) is 6.42 Å². The number of rotatable bonds is 2. The maximum atomic E-state index is 10.9. The zero-order chi connectivity index (χ0) is 9.97. The molecule has 0 bridgehead atoms. The van der Waals surface area contributed by atoms with Gasteiger partial charge in [0.2, 0.25) is 5.89 Å². The number of aromatic nitrogens is 2. The summed E-state index contributed by atoms with van der Waals surface area (Å²) in [5.41, 5.74) is 1.08. The number of hydrogen-bond acceptors (Lipinski definition) is 5. The molecule has 2 aromatic heterocycles. The normalized spacial score (nSPS) is 10.4. The van der Waals surface area contributed by atoms with E-state index in [0.717, 1.165) is 0 Å². The largest absolute Gasteiger partial charge is 0.469 e. The van der Waals surface area contributed by atoms with Gasteiger partial charge in [-0.05, 0) is 12.1 Å². The van der Waals surface area contributed by atoms with Gasteiger partial charge in [-0.2, -0.15) is 4.98 Å². The van der Waals surface area contributed by atoms with Crippen LogP contribution in [-0.4, -0.2) is 23.0 Å². The highest BCUT2D eigenvalue weighted by atomic mass is 16.5. The summed E-state index contributed by atoms with van der Waals surface area (Å²) >= 11 is 0. The average molecular weight is 192 g/mol. The van der Waals surface area contributed by atoms with E-state index in [0.29, 0.717) is 17.1 Å². The Labute approximate surface area is 79.7 Å². The number of esters is 1. The van der Waals surface area contributed by atoms with Crippen LogP contribution in [0.1, 0.15) is 5.89 Å². The molecule has 0 aliphatic carbocycles. The molecule has 0 saturated heterocycles. The molecule has 0 saturated carbocycles. The minimum Gasteiger partial charge on any atom is -0.469 e. The number of oxazole rings is 1. The maximum absolute atomic E-state index is 10.9. The molecule has 0 radical (unpaired) electrons. The zero-order valence-electron chi connectivity index (χ0n) is 7.56. The van der Waals surface area contributed by atoms with Crippen LogP contribution in [0, 0.1) is 0 Å². The van der Waals surface area contributed by atoms with E-state index in [-0.39, 0.29) is 12.4 Å². The van der Waals surface area contributed by atoms with Gasteiger partial charge in [-0.15, -0.1) is 0 Å². The number of ether oxygens (including phenoxy) is 1. The summed E-state index contributed by atoms with van der Waals surface area (Å²) in [6.45, 7) is 0. The Morgan fingerprint density at radius 1 is 1.64 bits per heavy atom. The van der Waals surface area contributed by atoms with Crippen molar-refractivity contribution in [2.45, 2.75) is 6.42 Å². The van der Waals surface area contributed by atoms with E-state index >= 15 is 0 Å². The van der Waals surface area contributed by atoms with Crippen LogP contribution in [0.5, 0.6) is 0 Å². The molecule has 2 rings (SSSR count). The van der Waals surface area contributed by atoms with Gasteiger partial charge in [0, 0.05) is 6.20 Å². The number of fused-ring (bicyclic) bond motifs is 1. The molecule has 0 amide bonds. The first kappa shape index (κ1) is 8.68. The Kier molecular flexibility index (Phi) is 2.14. The van der Waals surface area contributed by atoms with Crippen molar-refractivity contribution < 1.29 is 13.9 Å². The Bertz CT molecular complexity index is 431. The van der Waals surface area contributed by atoms with Crippen LogP contribution in [0.15, 0.2) is 22.7 Å². The molecule has 72 valence electrons. The van der Waals surface area contributed by atoms with Crippen molar-refractivity contribution in [1.29, 1.82) is 0 Å². The average Bonchev–Trinajstić information content (AvgIpc) is 2.59. The first-order chi connectivity index (χ1) is 6.79.